The summed E-state index contributed by atoms with van der Waals surface area (Å²) in [4.78, 5) is 75.0. The molecule has 34 heavy (non-hydrogen) atoms. The molecule has 0 aromatic rings. The van der Waals surface area contributed by atoms with Gasteiger partial charge in [0.25, 0.3) is 11.8 Å². The number of ketones is 1. The number of nitrogens with two attached hydrogens (primary N) is 1. The molecule has 0 saturated heterocycles. The minimum absolute atomic E-state index is 0.0299. The zero-order valence-corrected chi connectivity index (χ0v) is 19.8. The summed E-state index contributed by atoms with van der Waals surface area (Å²) in [6.07, 6.45) is 2.47. The van der Waals surface area contributed by atoms with Crippen LogP contribution in [0.1, 0.15) is 46.0 Å². The first-order valence-corrected chi connectivity index (χ1v) is 11.2. The minimum atomic E-state index is -1.60. The van der Waals surface area contributed by atoms with Gasteiger partial charge in [-0.05, 0) is 25.2 Å². The van der Waals surface area contributed by atoms with Crippen LogP contribution in [0.2, 0.25) is 0 Å². The predicted molar refractivity (Wildman–Crippen MR) is 122 cm³/mol. The maximum Gasteiger partial charge on any atom is 0.303 e. The Morgan fingerprint density at radius 3 is 2.53 bits per heavy atom. The van der Waals surface area contributed by atoms with E-state index in [1.54, 1.807) is 12.2 Å². The fourth-order valence-corrected chi connectivity index (χ4v) is 3.29. The van der Waals surface area contributed by atoms with Gasteiger partial charge in [-0.25, -0.2) is 0 Å². The number of aliphatic carboxylic acids is 1. The molecule has 0 aromatic carbocycles. The van der Waals surface area contributed by atoms with Crippen LogP contribution in [-0.2, 0) is 28.8 Å². The van der Waals surface area contributed by atoms with Crippen molar-refractivity contribution in [2.24, 2.45) is 11.7 Å². The standard InChI is InChI=1S/C22H35N5O7/c1-13(2)11-15(23)19(32)18-22(34)27(3)10-6-4-5-7-16(29)25-20(21(33)26-18)24-14(12-28)8-9-17(30)31/h4,6,12-15,18,20,24H,5,7-11,23H2,1-3H3,(H,25,29)(H,26,33)(H,30,31)/b6-4+/t14-,15+,18+,20-/m1/s1. The number of amides is 3. The lowest BCUT2D eigenvalue weighted by atomic mass is 9.96. The van der Waals surface area contributed by atoms with Crippen LogP contribution in [0.4, 0.5) is 0 Å². The minimum Gasteiger partial charge on any atom is -0.481 e. The van der Waals surface area contributed by atoms with E-state index in [1.807, 2.05) is 13.8 Å². The van der Waals surface area contributed by atoms with Crippen molar-refractivity contribution in [3.05, 3.63) is 12.2 Å². The van der Waals surface area contributed by atoms with Crippen LogP contribution in [0.25, 0.3) is 0 Å². The van der Waals surface area contributed by atoms with Gasteiger partial charge in [-0.3, -0.25) is 29.3 Å². The summed E-state index contributed by atoms with van der Waals surface area (Å²) in [6.45, 7) is 3.88. The molecule has 12 heteroatoms. The lowest BCUT2D eigenvalue weighted by Crippen LogP contribution is -2.63. The number of carbonyl (C=O) groups excluding carboxylic acids is 5. The smallest absolute Gasteiger partial charge is 0.303 e. The van der Waals surface area contributed by atoms with Gasteiger partial charge >= 0.3 is 5.97 Å². The Bertz CT molecular complexity index is 799. The Morgan fingerprint density at radius 1 is 1.26 bits per heavy atom. The maximum absolute atomic E-state index is 13.1. The molecule has 3 amide bonds. The third kappa shape index (κ3) is 9.79. The highest BCUT2D eigenvalue weighted by atomic mass is 16.4. The quantitative estimate of drug-likeness (QED) is 0.143. The van der Waals surface area contributed by atoms with Crippen molar-refractivity contribution in [3.63, 3.8) is 0 Å². The fourth-order valence-electron chi connectivity index (χ4n) is 3.29. The summed E-state index contributed by atoms with van der Waals surface area (Å²) in [5, 5.41) is 16.3. The third-order valence-corrected chi connectivity index (χ3v) is 5.15. The fraction of sp³-hybridized carbons (Fsp3) is 0.636. The molecule has 1 rings (SSSR count). The summed E-state index contributed by atoms with van der Waals surface area (Å²) in [5.74, 6) is -3.87. The Balaban J connectivity index is 3.24. The molecule has 1 heterocycles. The lowest BCUT2D eigenvalue weighted by Gasteiger charge is -2.28. The molecule has 190 valence electrons. The highest BCUT2D eigenvalue weighted by Gasteiger charge is 2.36. The van der Waals surface area contributed by atoms with Gasteiger partial charge in [0, 0.05) is 26.4 Å². The van der Waals surface area contributed by atoms with E-state index in [0.29, 0.717) is 19.1 Å². The van der Waals surface area contributed by atoms with Gasteiger partial charge in [0.2, 0.25) is 5.91 Å². The number of hydrogen-bond donors (Lipinski definition) is 5. The van der Waals surface area contributed by atoms with Crippen molar-refractivity contribution < 1.29 is 33.9 Å². The molecule has 0 fully saturated rings. The second kappa shape index (κ2) is 14.2. The van der Waals surface area contributed by atoms with E-state index in [2.05, 4.69) is 16.0 Å². The third-order valence-electron chi connectivity index (χ3n) is 5.15. The number of Topliss-reactive ketones (excluding diaryl/α,β-unsaturated/α-hetero) is 1. The molecule has 0 radical (unpaired) electrons. The number of hydrogen-bond acceptors (Lipinski definition) is 8. The highest BCUT2D eigenvalue weighted by Crippen LogP contribution is 2.08. The van der Waals surface area contributed by atoms with Crippen LogP contribution < -0.4 is 21.7 Å². The van der Waals surface area contributed by atoms with Crippen LogP contribution in [-0.4, -0.2) is 83.7 Å². The van der Waals surface area contributed by atoms with E-state index < -0.39 is 53.8 Å². The number of carboxylic acid groups (broad SMARTS) is 1. The van der Waals surface area contributed by atoms with E-state index in [4.69, 9.17) is 10.8 Å². The zero-order valence-electron chi connectivity index (χ0n) is 19.8. The van der Waals surface area contributed by atoms with Gasteiger partial charge in [-0.1, -0.05) is 26.0 Å². The first-order valence-electron chi connectivity index (χ1n) is 11.2. The van der Waals surface area contributed by atoms with Gasteiger partial charge in [0.1, 0.15) is 6.29 Å². The summed E-state index contributed by atoms with van der Waals surface area (Å²) in [7, 11) is 1.47. The molecule has 1 aliphatic rings. The summed E-state index contributed by atoms with van der Waals surface area (Å²) >= 11 is 0. The summed E-state index contributed by atoms with van der Waals surface area (Å²) < 4.78 is 0. The molecule has 1 aliphatic heterocycles. The van der Waals surface area contributed by atoms with Gasteiger partial charge in [0.15, 0.2) is 18.0 Å². The Kier molecular flexibility index (Phi) is 12.1. The molecule has 6 N–H and O–H groups in total. The average Bonchev–Trinajstić information content (AvgIpc) is 2.77. The molecule has 0 spiro atoms. The van der Waals surface area contributed by atoms with Crippen LogP contribution in [0.3, 0.4) is 0 Å². The Hall–Kier alpha value is -3.12. The maximum atomic E-state index is 13.1. The second-order valence-electron chi connectivity index (χ2n) is 8.65. The number of nitrogens with one attached hydrogen (secondary N) is 3. The number of allylic oxidation sites excluding steroid dienone is 1. The van der Waals surface area contributed by atoms with Crippen molar-refractivity contribution in [2.45, 2.75) is 70.2 Å². The topological polar surface area (TPSA) is 188 Å². The zero-order chi connectivity index (χ0) is 25.8. The number of nitrogens with zero attached hydrogens (tertiary/aromatic N) is 1. The van der Waals surface area contributed by atoms with Crippen LogP contribution >= 0.6 is 0 Å². The van der Waals surface area contributed by atoms with Crippen LogP contribution in [0.5, 0.6) is 0 Å². The van der Waals surface area contributed by atoms with E-state index >= 15 is 0 Å². The molecule has 0 aromatic heterocycles. The van der Waals surface area contributed by atoms with Gasteiger partial charge in [-0.2, -0.15) is 0 Å². The van der Waals surface area contributed by atoms with E-state index in [-0.39, 0.29) is 31.7 Å². The van der Waals surface area contributed by atoms with E-state index in [0.717, 1.165) is 0 Å². The normalized spacial score (nSPS) is 23.0. The number of carbonyl (C=O) groups is 6. The molecular formula is C22H35N5O7. The number of carboxylic acids is 1. The van der Waals surface area contributed by atoms with Crippen molar-refractivity contribution in [1.82, 2.24) is 20.9 Å². The van der Waals surface area contributed by atoms with Crippen molar-refractivity contribution >= 4 is 35.8 Å². The molecule has 0 aliphatic carbocycles. The highest BCUT2D eigenvalue weighted by molar-refractivity contribution is 6.10. The number of aldehydes is 1. The summed E-state index contributed by atoms with van der Waals surface area (Å²) in [5.41, 5.74) is 6.00. The Labute approximate surface area is 198 Å². The number of likely N-dealkylation sites (N-methyl/N-ethyl adjacent to an activating group) is 1. The van der Waals surface area contributed by atoms with Gasteiger partial charge < -0.3 is 31.2 Å². The Morgan fingerprint density at radius 2 is 1.94 bits per heavy atom. The molecular weight excluding hydrogens is 446 g/mol. The molecule has 0 bridgehead atoms. The SMILES string of the molecule is CC(C)C[C@H](N)C(=O)[C@@H]1NC(=O)[C@H](N[C@@H](C=O)CCC(=O)O)NC(=O)CC/C=C/CN(C)C1=O. The van der Waals surface area contributed by atoms with Gasteiger partial charge in [-0.15, -0.1) is 0 Å². The lowest BCUT2D eigenvalue weighted by molar-refractivity contribution is -0.142. The second-order valence-corrected chi connectivity index (χ2v) is 8.65. The predicted octanol–water partition coefficient (Wildman–Crippen LogP) is -1.31. The molecule has 4 atom stereocenters. The largest absolute Gasteiger partial charge is 0.481 e. The number of rotatable bonds is 10. The molecule has 0 unspecified atom stereocenters. The average molecular weight is 482 g/mol. The molecule has 12 nitrogen and oxygen atoms in total. The van der Waals surface area contributed by atoms with Crippen LogP contribution in [0.15, 0.2) is 12.2 Å². The monoisotopic (exact) mass is 481 g/mol. The van der Waals surface area contributed by atoms with E-state index in [9.17, 15) is 28.8 Å². The van der Waals surface area contributed by atoms with Crippen molar-refractivity contribution in [3.8, 4) is 0 Å². The van der Waals surface area contributed by atoms with Gasteiger partial charge in [0.05, 0.1) is 12.1 Å². The van der Waals surface area contributed by atoms with Crippen molar-refractivity contribution in [1.29, 1.82) is 0 Å². The first-order chi connectivity index (χ1) is 16.0. The summed E-state index contributed by atoms with van der Waals surface area (Å²) in [6, 6.07) is -3.68. The van der Waals surface area contributed by atoms with Crippen LogP contribution in [0, 0.1) is 5.92 Å². The van der Waals surface area contributed by atoms with Crippen molar-refractivity contribution in [2.75, 3.05) is 13.6 Å². The first kappa shape index (κ1) is 28.9. The van der Waals surface area contributed by atoms with E-state index in [1.165, 1.54) is 11.9 Å². The molecule has 0 saturated carbocycles.